The molecule has 0 atom stereocenters. The lowest BCUT2D eigenvalue weighted by atomic mass is 10.1. The molecule has 0 radical (unpaired) electrons. The number of fused-ring (bicyclic) bond motifs is 1. The van der Waals surface area contributed by atoms with Crippen molar-refractivity contribution in [1.29, 1.82) is 0 Å². The van der Waals surface area contributed by atoms with Gasteiger partial charge in [-0.1, -0.05) is 36.4 Å². The van der Waals surface area contributed by atoms with Crippen LogP contribution in [0.1, 0.15) is 5.56 Å². The first-order valence-electron chi connectivity index (χ1n) is 6.60. The Morgan fingerprint density at radius 3 is 2.68 bits per heavy atom. The number of nitrogens with one attached hydrogen (secondary N) is 1. The second-order valence-electron chi connectivity index (χ2n) is 4.88. The Labute approximate surface area is 131 Å². The van der Waals surface area contributed by atoms with E-state index < -0.39 is 5.97 Å². The van der Waals surface area contributed by atoms with Crippen molar-refractivity contribution < 1.29 is 14.7 Å². The minimum atomic E-state index is -1.05. The lowest BCUT2D eigenvalue weighted by Crippen LogP contribution is -2.32. The smallest absolute Gasteiger partial charge is 0.323 e. The molecule has 3 rings (SSSR count). The molecule has 110 valence electrons. The molecule has 1 saturated heterocycles. The van der Waals surface area contributed by atoms with Gasteiger partial charge in [0.2, 0.25) is 0 Å². The summed E-state index contributed by atoms with van der Waals surface area (Å²) < 4.78 is 0. The van der Waals surface area contributed by atoms with Gasteiger partial charge in [0.1, 0.15) is 12.2 Å². The summed E-state index contributed by atoms with van der Waals surface area (Å²) in [6.07, 6.45) is 1.64. The summed E-state index contributed by atoms with van der Waals surface area (Å²) >= 11 is 5.00. The fraction of sp³-hybridized carbons (Fsp3) is 0.0625. The molecule has 1 heterocycles. The van der Waals surface area contributed by atoms with E-state index in [1.54, 1.807) is 6.08 Å². The number of rotatable bonds is 3. The molecule has 0 saturated carbocycles. The number of carboxylic acids is 1. The fourth-order valence-corrected chi connectivity index (χ4v) is 2.61. The molecule has 1 amide bonds. The van der Waals surface area contributed by atoms with Crippen LogP contribution in [0.3, 0.4) is 0 Å². The predicted octanol–water partition coefficient (Wildman–Crippen LogP) is 1.98. The van der Waals surface area contributed by atoms with Gasteiger partial charge in [0.15, 0.2) is 5.11 Å². The Morgan fingerprint density at radius 2 is 1.95 bits per heavy atom. The zero-order valence-corrected chi connectivity index (χ0v) is 12.3. The molecule has 6 heteroatoms. The van der Waals surface area contributed by atoms with Gasteiger partial charge >= 0.3 is 5.97 Å². The Hall–Kier alpha value is -2.73. The highest BCUT2D eigenvalue weighted by molar-refractivity contribution is 7.80. The first-order valence-corrected chi connectivity index (χ1v) is 7.00. The topological polar surface area (TPSA) is 69.6 Å². The van der Waals surface area contributed by atoms with Crippen molar-refractivity contribution in [1.82, 2.24) is 10.2 Å². The third-order valence-corrected chi connectivity index (χ3v) is 3.68. The maximum Gasteiger partial charge on any atom is 0.323 e. The maximum absolute atomic E-state index is 11.9. The van der Waals surface area contributed by atoms with Crippen LogP contribution in [0.2, 0.25) is 0 Å². The van der Waals surface area contributed by atoms with Gasteiger partial charge in [0.25, 0.3) is 5.91 Å². The average Bonchev–Trinajstić information content (AvgIpc) is 2.74. The van der Waals surface area contributed by atoms with E-state index in [0.29, 0.717) is 0 Å². The average molecular weight is 312 g/mol. The third kappa shape index (κ3) is 2.68. The van der Waals surface area contributed by atoms with Crippen molar-refractivity contribution in [2.45, 2.75) is 0 Å². The summed E-state index contributed by atoms with van der Waals surface area (Å²) in [5.41, 5.74) is 1.05. The van der Waals surface area contributed by atoms with Gasteiger partial charge < -0.3 is 10.0 Å². The molecule has 1 fully saturated rings. The van der Waals surface area contributed by atoms with E-state index in [1.807, 2.05) is 42.5 Å². The molecule has 0 bridgehead atoms. The number of thiocarbonyl (C=S) groups is 1. The van der Waals surface area contributed by atoms with Crippen LogP contribution in [-0.4, -0.2) is 33.5 Å². The van der Waals surface area contributed by atoms with Crippen molar-refractivity contribution in [3.05, 3.63) is 53.7 Å². The van der Waals surface area contributed by atoms with E-state index in [9.17, 15) is 9.59 Å². The number of carbonyl (C=O) groups is 2. The monoisotopic (exact) mass is 312 g/mol. The zero-order valence-electron chi connectivity index (χ0n) is 11.4. The molecule has 0 aliphatic carbocycles. The Morgan fingerprint density at radius 1 is 1.23 bits per heavy atom. The standard InChI is InChI=1S/C16H12N2O3S/c19-14(20)9-18-13(15(21)17-16(18)22)8-10-5-6-11-3-1-2-4-12(11)7-10/h1-8H,9H2,(H,19,20)(H,17,21,22)/b13-8-. The van der Waals surface area contributed by atoms with Gasteiger partial charge in [0, 0.05) is 0 Å². The van der Waals surface area contributed by atoms with Crippen molar-refractivity contribution in [2.24, 2.45) is 0 Å². The van der Waals surface area contributed by atoms with Gasteiger partial charge in [-0.25, -0.2) is 0 Å². The number of benzene rings is 2. The number of nitrogens with zero attached hydrogens (tertiary/aromatic N) is 1. The van der Waals surface area contributed by atoms with Crippen molar-refractivity contribution in [3.8, 4) is 0 Å². The third-order valence-electron chi connectivity index (χ3n) is 3.36. The van der Waals surface area contributed by atoms with E-state index >= 15 is 0 Å². The molecule has 22 heavy (non-hydrogen) atoms. The van der Waals surface area contributed by atoms with Crippen LogP contribution < -0.4 is 5.32 Å². The SMILES string of the molecule is O=C(O)CN1C(=S)NC(=O)/C1=C/c1ccc2ccccc2c1. The highest BCUT2D eigenvalue weighted by Crippen LogP contribution is 2.20. The van der Waals surface area contributed by atoms with Gasteiger partial charge in [-0.05, 0) is 40.7 Å². The van der Waals surface area contributed by atoms with Gasteiger partial charge in [-0.2, -0.15) is 0 Å². The second-order valence-corrected chi connectivity index (χ2v) is 5.26. The predicted molar refractivity (Wildman–Crippen MR) is 87.0 cm³/mol. The highest BCUT2D eigenvalue weighted by Gasteiger charge is 2.31. The van der Waals surface area contributed by atoms with E-state index in [-0.39, 0.29) is 23.3 Å². The maximum atomic E-state index is 11.9. The second kappa shape index (κ2) is 5.57. The minimum Gasteiger partial charge on any atom is -0.480 e. The highest BCUT2D eigenvalue weighted by atomic mass is 32.1. The minimum absolute atomic E-state index is 0.111. The Balaban J connectivity index is 2.01. The summed E-state index contributed by atoms with van der Waals surface area (Å²) in [4.78, 5) is 24.1. The number of carboxylic acid groups (broad SMARTS) is 1. The van der Waals surface area contributed by atoms with Gasteiger partial charge in [0.05, 0.1) is 0 Å². The molecule has 5 nitrogen and oxygen atoms in total. The van der Waals surface area contributed by atoms with Crippen molar-refractivity contribution >= 4 is 46.1 Å². The molecule has 1 aliphatic rings. The molecule has 0 unspecified atom stereocenters. The van der Waals surface area contributed by atoms with Gasteiger partial charge in [-0.3, -0.25) is 14.9 Å². The van der Waals surface area contributed by atoms with Crippen LogP contribution in [-0.2, 0) is 9.59 Å². The molecular weight excluding hydrogens is 300 g/mol. The van der Waals surface area contributed by atoms with Crippen LogP contribution in [0.4, 0.5) is 0 Å². The van der Waals surface area contributed by atoms with Crippen molar-refractivity contribution in [3.63, 3.8) is 0 Å². The van der Waals surface area contributed by atoms with E-state index in [4.69, 9.17) is 17.3 Å². The van der Waals surface area contributed by atoms with Crippen LogP contribution in [0.5, 0.6) is 0 Å². The normalized spacial score (nSPS) is 16.4. The largest absolute Gasteiger partial charge is 0.480 e. The fourth-order valence-electron chi connectivity index (χ4n) is 2.35. The number of hydrogen-bond acceptors (Lipinski definition) is 3. The van der Waals surface area contributed by atoms with E-state index in [1.165, 1.54) is 4.90 Å². The number of hydrogen-bond donors (Lipinski definition) is 2. The molecular formula is C16H12N2O3S. The zero-order chi connectivity index (χ0) is 15.7. The molecule has 2 N–H and O–H groups in total. The first-order chi connectivity index (χ1) is 10.5. The summed E-state index contributed by atoms with van der Waals surface area (Å²) in [6, 6.07) is 13.6. The summed E-state index contributed by atoms with van der Waals surface area (Å²) in [5, 5.41) is 13.7. The lowest BCUT2D eigenvalue weighted by Gasteiger charge is -2.14. The Kier molecular flexibility index (Phi) is 3.60. The Bertz CT molecular complexity index is 829. The number of aliphatic carboxylic acids is 1. The summed E-state index contributed by atoms with van der Waals surface area (Å²) in [7, 11) is 0. The van der Waals surface area contributed by atoms with E-state index in [2.05, 4.69) is 5.32 Å². The molecule has 2 aromatic rings. The van der Waals surface area contributed by atoms with Crippen LogP contribution in [0.15, 0.2) is 48.2 Å². The molecule has 2 aromatic carbocycles. The summed E-state index contributed by atoms with van der Waals surface area (Å²) in [6.45, 7) is -0.350. The van der Waals surface area contributed by atoms with Crippen LogP contribution >= 0.6 is 12.2 Å². The quantitative estimate of drug-likeness (QED) is 0.670. The molecule has 0 aromatic heterocycles. The molecule has 1 aliphatic heterocycles. The summed E-state index contributed by atoms with van der Waals surface area (Å²) in [5.74, 6) is -1.44. The van der Waals surface area contributed by atoms with Gasteiger partial charge in [-0.15, -0.1) is 0 Å². The lowest BCUT2D eigenvalue weighted by molar-refractivity contribution is -0.137. The molecule has 0 spiro atoms. The van der Waals surface area contributed by atoms with E-state index in [0.717, 1.165) is 16.3 Å². The van der Waals surface area contributed by atoms with Crippen LogP contribution in [0.25, 0.3) is 16.8 Å². The number of carbonyl (C=O) groups excluding carboxylic acids is 1. The van der Waals surface area contributed by atoms with Crippen LogP contribution in [0, 0.1) is 0 Å². The first kappa shape index (κ1) is 14.2. The van der Waals surface area contributed by atoms with Crippen molar-refractivity contribution in [2.75, 3.05) is 6.54 Å². The number of amides is 1.